The first kappa shape index (κ1) is 30.5. The first-order chi connectivity index (χ1) is 15.2. The second-order valence-corrected chi connectivity index (χ2v) is 10.0. The molecule has 0 heterocycles. The summed E-state index contributed by atoms with van der Waals surface area (Å²) in [4.78, 5) is 11.5. The highest BCUT2D eigenvalue weighted by Gasteiger charge is 2.16. The summed E-state index contributed by atoms with van der Waals surface area (Å²) in [6.07, 6.45) is 32.6. The zero-order chi connectivity index (χ0) is 22.8. The van der Waals surface area contributed by atoms with Gasteiger partial charge in [0.05, 0.1) is 5.92 Å². The van der Waals surface area contributed by atoms with Gasteiger partial charge in [0.2, 0.25) is 0 Å². The van der Waals surface area contributed by atoms with Crippen LogP contribution in [-0.4, -0.2) is 11.1 Å². The number of hydrogen-bond donors (Lipinski definition) is 1. The van der Waals surface area contributed by atoms with Crippen molar-refractivity contribution in [2.75, 3.05) is 0 Å². The minimum absolute atomic E-state index is 0.0955. The van der Waals surface area contributed by atoms with E-state index in [1.807, 2.05) is 0 Å². The molecule has 31 heavy (non-hydrogen) atoms. The van der Waals surface area contributed by atoms with Crippen molar-refractivity contribution in [2.45, 2.75) is 174 Å². The van der Waals surface area contributed by atoms with Gasteiger partial charge in [0.15, 0.2) is 0 Å². The Balaban J connectivity index is 3.40. The Labute approximate surface area is 196 Å². The summed E-state index contributed by atoms with van der Waals surface area (Å²) < 4.78 is 0. The Morgan fingerprint density at radius 1 is 0.452 bits per heavy atom. The monoisotopic (exact) mass is 438 g/mol. The Morgan fingerprint density at radius 3 is 0.903 bits per heavy atom. The molecule has 0 aromatic rings. The molecular weight excluding hydrogens is 380 g/mol. The number of aliphatic carboxylic acids is 1. The Morgan fingerprint density at radius 2 is 0.677 bits per heavy atom. The van der Waals surface area contributed by atoms with Crippen LogP contribution in [0.5, 0.6) is 0 Å². The fourth-order valence-electron chi connectivity index (χ4n) is 4.68. The van der Waals surface area contributed by atoms with Crippen LogP contribution in [0.1, 0.15) is 174 Å². The van der Waals surface area contributed by atoms with Gasteiger partial charge in [-0.1, -0.05) is 162 Å². The third-order valence-electron chi connectivity index (χ3n) is 6.91. The molecule has 0 saturated carbocycles. The molecule has 0 aliphatic rings. The van der Waals surface area contributed by atoms with E-state index in [2.05, 4.69) is 13.8 Å². The summed E-state index contributed by atoms with van der Waals surface area (Å²) in [6.45, 7) is 4.54. The number of carboxylic acid groups (broad SMARTS) is 1. The predicted molar refractivity (Wildman–Crippen MR) is 138 cm³/mol. The number of hydrogen-bond acceptors (Lipinski definition) is 1. The van der Waals surface area contributed by atoms with Gasteiger partial charge >= 0.3 is 5.97 Å². The minimum atomic E-state index is -0.561. The SMILES string of the molecule is CCCCCCCCCCCCCCCCC(CCCCCCCCCCC)C(=O)O. The van der Waals surface area contributed by atoms with Crippen LogP contribution in [0.15, 0.2) is 0 Å². The van der Waals surface area contributed by atoms with Crippen LogP contribution >= 0.6 is 0 Å². The van der Waals surface area contributed by atoms with Crippen molar-refractivity contribution in [1.29, 1.82) is 0 Å². The molecule has 2 heteroatoms. The lowest BCUT2D eigenvalue weighted by Gasteiger charge is -2.12. The summed E-state index contributed by atoms with van der Waals surface area (Å²) >= 11 is 0. The molecule has 0 spiro atoms. The minimum Gasteiger partial charge on any atom is -0.481 e. The highest BCUT2D eigenvalue weighted by atomic mass is 16.4. The number of rotatable bonds is 26. The fraction of sp³-hybridized carbons (Fsp3) is 0.966. The molecule has 186 valence electrons. The highest BCUT2D eigenvalue weighted by molar-refractivity contribution is 5.69. The van der Waals surface area contributed by atoms with E-state index >= 15 is 0 Å². The number of carboxylic acids is 1. The first-order valence-electron chi connectivity index (χ1n) is 14.4. The van der Waals surface area contributed by atoms with Crippen molar-refractivity contribution < 1.29 is 9.90 Å². The normalized spacial score (nSPS) is 12.3. The lowest BCUT2D eigenvalue weighted by molar-refractivity contribution is -0.142. The zero-order valence-corrected chi connectivity index (χ0v) is 21.6. The van der Waals surface area contributed by atoms with Crippen molar-refractivity contribution in [2.24, 2.45) is 5.92 Å². The van der Waals surface area contributed by atoms with E-state index in [0.717, 1.165) is 25.7 Å². The Hall–Kier alpha value is -0.530. The lowest BCUT2D eigenvalue weighted by atomic mass is 9.94. The van der Waals surface area contributed by atoms with Crippen molar-refractivity contribution in [3.8, 4) is 0 Å². The van der Waals surface area contributed by atoms with Crippen molar-refractivity contribution in [3.05, 3.63) is 0 Å². The van der Waals surface area contributed by atoms with Crippen LogP contribution in [-0.2, 0) is 4.79 Å². The highest BCUT2D eigenvalue weighted by Crippen LogP contribution is 2.20. The molecule has 0 saturated heterocycles. The maximum Gasteiger partial charge on any atom is 0.306 e. The third kappa shape index (κ3) is 24.0. The molecule has 1 N–H and O–H groups in total. The average molecular weight is 439 g/mol. The summed E-state index contributed by atoms with van der Waals surface area (Å²) in [6, 6.07) is 0. The van der Waals surface area contributed by atoms with Gasteiger partial charge in [-0.2, -0.15) is 0 Å². The molecule has 0 bridgehead atoms. The average Bonchev–Trinajstić information content (AvgIpc) is 2.76. The largest absolute Gasteiger partial charge is 0.481 e. The molecule has 1 atom stereocenters. The van der Waals surface area contributed by atoms with E-state index in [4.69, 9.17) is 0 Å². The standard InChI is InChI=1S/C29H58O2/c1-3-5-7-9-11-13-14-15-16-17-19-21-23-25-27-28(29(30)31)26-24-22-20-18-12-10-8-6-4-2/h28H,3-27H2,1-2H3,(H,30,31). The van der Waals surface area contributed by atoms with E-state index in [9.17, 15) is 9.90 Å². The molecular formula is C29H58O2. The van der Waals surface area contributed by atoms with Crippen molar-refractivity contribution >= 4 is 5.97 Å². The van der Waals surface area contributed by atoms with E-state index in [0.29, 0.717) is 0 Å². The quantitative estimate of drug-likeness (QED) is 0.136. The fourth-order valence-corrected chi connectivity index (χ4v) is 4.68. The van der Waals surface area contributed by atoms with Gasteiger partial charge < -0.3 is 5.11 Å². The van der Waals surface area contributed by atoms with Gasteiger partial charge in [0, 0.05) is 0 Å². The summed E-state index contributed by atoms with van der Waals surface area (Å²) in [5.41, 5.74) is 0. The molecule has 0 radical (unpaired) electrons. The molecule has 2 nitrogen and oxygen atoms in total. The van der Waals surface area contributed by atoms with Crippen LogP contribution in [0.2, 0.25) is 0 Å². The Bertz CT molecular complexity index is 353. The zero-order valence-electron chi connectivity index (χ0n) is 21.6. The first-order valence-corrected chi connectivity index (χ1v) is 14.4. The van der Waals surface area contributed by atoms with Gasteiger partial charge in [-0.3, -0.25) is 4.79 Å². The predicted octanol–water partition coefficient (Wildman–Crippen LogP) is 10.5. The molecule has 0 rings (SSSR count). The molecule has 1 unspecified atom stereocenters. The van der Waals surface area contributed by atoms with Crippen molar-refractivity contribution in [3.63, 3.8) is 0 Å². The van der Waals surface area contributed by atoms with Crippen molar-refractivity contribution in [1.82, 2.24) is 0 Å². The topological polar surface area (TPSA) is 37.3 Å². The van der Waals surface area contributed by atoms with E-state index in [-0.39, 0.29) is 5.92 Å². The second kappa shape index (κ2) is 25.7. The summed E-state index contributed by atoms with van der Waals surface area (Å²) in [5.74, 6) is -0.656. The second-order valence-electron chi connectivity index (χ2n) is 10.0. The smallest absolute Gasteiger partial charge is 0.306 e. The van der Waals surface area contributed by atoms with Gasteiger partial charge in [-0.25, -0.2) is 0 Å². The molecule has 0 amide bonds. The van der Waals surface area contributed by atoms with E-state index < -0.39 is 5.97 Å². The van der Waals surface area contributed by atoms with Crippen LogP contribution in [0, 0.1) is 5.92 Å². The maximum absolute atomic E-state index is 11.5. The third-order valence-corrected chi connectivity index (χ3v) is 6.91. The van der Waals surface area contributed by atoms with Crippen LogP contribution in [0.25, 0.3) is 0 Å². The lowest BCUT2D eigenvalue weighted by Crippen LogP contribution is -2.13. The van der Waals surface area contributed by atoms with Crippen LogP contribution in [0.3, 0.4) is 0 Å². The van der Waals surface area contributed by atoms with Gasteiger partial charge in [0.1, 0.15) is 0 Å². The van der Waals surface area contributed by atoms with Crippen LogP contribution in [0.4, 0.5) is 0 Å². The van der Waals surface area contributed by atoms with E-state index in [1.54, 1.807) is 0 Å². The van der Waals surface area contributed by atoms with Gasteiger partial charge in [-0.15, -0.1) is 0 Å². The molecule has 0 aromatic heterocycles. The Kier molecular flexibility index (Phi) is 25.3. The molecule has 0 fully saturated rings. The molecule has 0 aliphatic carbocycles. The van der Waals surface area contributed by atoms with Gasteiger partial charge in [-0.05, 0) is 12.8 Å². The van der Waals surface area contributed by atoms with E-state index in [1.165, 1.54) is 135 Å². The summed E-state index contributed by atoms with van der Waals surface area (Å²) in [5, 5.41) is 9.50. The number of unbranched alkanes of at least 4 members (excludes halogenated alkanes) is 21. The van der Waals surface area contributed by atoms with Gasteiger partial charge in [0.25, 0.3) is 0 Å². The molecule has 0 aliphatic heterocycles. The molecule has 0 aromatic carbocycles. The van der Waals surface area contributed by atoms with Crippen LogP contribution < -0.4 is 0 Å². The number of carbonyl (C=O) groups is 1. The maximum atomic E-state index is 11.5. The summed E-state index contributed by atoms with van der Waals surface area (Å²) in [7, 11) is 0.